The van der Waals surface area contributed by atoms with E-state index in [1.807, 2.05) is 0 Å². The summed E-state index contributed by atoms with van der Waals surface area (Å²) < 4.78 is 0. The fourth-order valence-electron chi connectivity index (χ4n) is 1.48. The molecule has 2 N–H and O–H groups in total. The number of carbonyl (C=O) groups excluding carboxylic acids is 1. The minimum atomic E-state index is -2.06. The second kappa shape index (κ2) is 5.77. The van der Waals surface area contributed by atoms with E-state index in [4.69, 9.17) is 16.7 Å². The Kier molecular flexibility index (Phi) is 4.57. The lowest BCUT2D eigenvalue weighted by Crippen LogP contribution is -2.13. The number of aliphatic carboxylic acids is 1. The number of alkyl halides is 1. The zero-order chi connectivity index (χ0) is 14.7. The van der Waals surface area contributed by atoms with Gasteiger partial charge >= 0.3 is 5.97 Å². The first-order valence-corrected chi connectivity index (χ1v) is 5.53. The summed E-state index contributed by atoms with van der Waals surface area (Å²) in [5.74, 6) is -2.03. The molecule has 0 aliphatic heterocycles. The van der Waals surface area contributed by atoms with Gasteiger partial charge in [0.2, 0.25) is 0 Å². The molecule has 7 nitrogen and oxygen atoms in total. The van der Waals surface area contributed by atoms with Crippen LogP contribution >= 0.6 is 11.6 Å². The summed E-state index contributed by atoms with van der Waals surface area (Å²) in [6.07, 6.45) is -2.06. The predicted octanol–water partition coefficient (Wildman–Crippen LogP) is 1.58. The standard InChI is InChI=1S/C11H10ClNO6/c1-5(14)9(12)6-2-3-8(13(18)19)7(4-6)10(15)11(16)17/h2-4,9-10,15H,1H3,(H,16,17). The van der Waals surface area contributed by atoms with Crippen LogP contribution in [-0.4, -0.2) is 26.9 Å². The van der Waals surface area contributed by atoms with E-state index in [1.54, 1.807) is 0 Å². The number of benzene rings is 1. The SMILES string of the molecule is CC(=O)C(Cl)c1ccc([N+](=O)[O-])c(C(O)C(=O)O)c1. The number of Topliss-reactive ketones (excluding diaryl/α,β-unsaturated/α-hetero) is 1. The number of aliphatic hydroxyl groups is 1. The van der Waals surface area contributed by atoms with E-state index >= 15 is 0 Å². The first-order valence-electron chi connectivity index (χ1n) is 5.09. The highest BCUT2D eigenvalue weighted by atomic mass is 35.5. The summed E-state index contributed by atoms with van der Waals surface area (Å²) in [7, 11) is 0. The molecule has 2 atom stereocenters. The molecule has 1 rings (SSSR count). The van der Waals surface area contributed by atoms with Gasteiger partial charge in [-0.05, 0) is 18.6 Å². The molecule has 0 fully saturated rings. The number of rotatable bonds is 5. The second-order valence-corrected chi connectivity index (χ2v) is 4.23. The van der Waals surface area contributed by atoms with Crippen molar-refractivity contribution < 1.29 is 24.7 Å². The number of carboxylic acid groups (broad SMARTS) is 1. The van der Waals surface area contributed by atoms with Crippen LogP contribution < -0.4 is 0 Å². The van der Waals surface area contributed by atoms with Crippen LogP contribution in [0.15, 0.2) is 18.2 Å². The summed E-state index contributed by atoms with van der Waals surface area (Å²) in [5.41, 5.74) is -0.775. The molecule has 0 aliphatic carbocycles. The van der Waals surface area contributed by atoms with Crippen molar-refractivity contribution >= 4 is 29.0 Å². The summed E-state index contributed by atoms with van der Waals surface area (Å²) in [6.45, 7) is 1.23. The molecular weight excluding hydrogens is 278 g/mol. The number of halogens is 1. The van der Waals surface area contributed by atoms with Gasteiger partial charge in [0.25, 0.3) is 5.69 Å². The molecule has 0 saturated heterocycles. The number of hydrogen-bond donors (Lipinski definition) is 2. The van der Waals surface area contributed by atoms with E-state index in [0.29, 0.717) is 0 Å². The number of nitrogens with zero attached hydrogens (tertiary/aromatic N) is 1. The molecular formula is C11H10ClNO6. The molecule has 0 heterocycles. The maximum atomic E-state index is 11.1. The highest BCUT2D eigenvalue weighted by Gasteiger charge is 2.27. The Morgan fingerprint density at radius 1 is 1.42 bits per heavy atom. The van der Waals surface area contributed by atoms with Crippen LogP contribution in [0.1, 0.15) is 29.5 Å². The molecule has 0 bridgehead atoms. The fraction of sp³-hybridized carbons (Fsp3) is 0.273. The lowest BCUT2D eigenvalue weighted by Gasteiger charge is -2.11. The van der Waals surface area contributed by atoms with E-state index in [9.17, 15) is 24.8 Å². The van der Waals surface area contributed by atoms with Gasteiger partial charge in [-0.1, -0.05) is 6.07 Å². The van der Waals surface area contributed by atoms with E-state index in [-0.39, 0.29) is 5.56 Å². The molecule has 0 aliphatic rings. The number of carboxylic acids is 1. The van der Waals surface area contributed by atoms with Crippen molar-refractivity contribution in [2.24, 2.45) is 0 Å². The predicted molar refractivity (Wildman–Crippen MR) is 65.0 cm³/mol. The number of hydrogen-bond acceptors (Lipinski definition) is 5. The molecule has 102 valence electrons. The second-order valence-electron chi connectivity index (χ2n) is 3.79. The van der Waals surface area contributed by atoms with Crippen molar-refractivity contribution in [2.75, 3.05) is 0 Å². The highest BCUT2D eigenvalue weighted by molar-refractivity contribution is 6.30. The van der Waals surface area contributed by atoms with Crippen LogP contribution in [0.3, 0.4) is 0 Å². The molecule has 2 unspecified atom stereocenters. The number of nitro groups is 1. The molecule has 8 heteroatoms. The monoisotopic (exact) mass is 287 g/mol. The molecule has 0 aromatic heterocycles. The minimum Gasteiger partial charge on any atom is -0.479 e. The van der Waals surface area contributed by atoms with E-state index in [1.165, 1.54) is 13.0 Å². The zero-order valence-electron chi connectivity index (χ0n) is 9.74. The lowest BCUT2D eigenvalue weighted by atomic mass is 10.0. The Hall–Kier alpha value is -1.99. The van der Waals surface area contributed by atoms with Crippen molar-refractivity contribution in [2.45, 2.75) is 18.4 Å². The van der Waals surface area contributed by atoms with Crippen LogP contribution in [0.25, 0.3) is 0 Å². The van der Waals surface area contributed by atoms with E-state index in [2.05, 4.69) is 0 Å². The van der Waals surface area contributed by atoms with E-state index in [0.717, 1.165) is 12.1 Å². The average molecular weight is 288 g/mol. The largest absolute Gasteiger partial charge is 0.479 e. The molecule has 0 spiro atoms. The Labute approximate surface area is 112 Å². The number of aliphatic hydroxyl groups excluding tert-OH is 1. The van der Waals surface area contributed by atoms with Gasteiger partial charge in [-0.3, -0.25) is 14.9 Å². The average Bonchev–Trinajstić information content (AvgIpc) is 2.35. The number of carbonyl (C=O) groups is 2. The van der Waals surface area contributed by atoms with Crippen LogP contribution in [0.5, 0.6) is 0 Å². The Morgan fingerprint density at radius 2 is 2.00 bits per heavy atom. The van der Waals surface area contributed by atoms with Crippen LogP contribution in [-0.2, 0) is 9.59 Å². The Balaban J connectivity index is 3.38. The highest BCUT2D eigenvalue weighted by Crippen LogP contribution is 2.31. The van der Waals surface area contributed by atoms with Gasteiger partial charge in [-0.15, -0.1) is 11.6 Å². The molecule has 0 radical (unpaired) electrons. The van der Waals surface area contributed by atoms with Crippen molar-refractivity contribution in [3.63, 3.8) is 0 Å². The molecule has 19 heavy (non-hydrogen) atoms. The normalized spacial score (nSPS) is 13.6. The first-order chi connectivity index (χ1) is 8.75. The summed E-state index contributed by atoms with van der Waals surface area (Å²) in [6, 6.07) is 3.31. The van der Waals surface area contributed by atoms with Crippen molar-refractivity contribution in [1.82, 2.24) is 0 Å². The summed E-state index contributed by atoms with van der Waals surface area (Å²) in [4.78, 5) is 31.8. The third-order valence-corrected chi connectivity index (χ3v) is 2.99. The maximum absolute atomic E-state index is 11.1. The lowest BCUT2D eigenvalue weighted by molar-refractivity contribution is -0.386. The number of ketones is 1. The third kappa shape index (κ3) is 3.27. The quantitative estimate of drug-likeness (QED) is 0.482. The Bertz CT molecular complexity index is 544. The molecule has 0 saturated carbocycles. The Morgan fingerprint density at radius 3 is 2.42 bits per heavy atom. The maximum Gasteiger partial charge on any atom is 0.337 e. The van der Waals surface area contributed by atoms with Crippen molar-refractivity contribution in [1.29, 1.82) is 0 Å². The number of nitro benzene ring substituents is 1. The van der Waals surface area contributed by atoms with Crippen LogP contribution in [0, 0.1) is 10.1 Å². The zero-order valence-corrected chi connectivity index (χ0v) is 10.5. The summed E-state index contributed by atoms with van der Waals surface area (Å²) >= 11 is 5.78. The molecule has 1 aromatic rings. The van der Waals surface area contributed by atoms with Gasteiger partial charge in [0.15, 0.2) is 11.9 Å². The fourth-order valence-corrected chi connectivity index (χ4v) is 1.62. The van der Waals surface area contributed by atoms with Gasteiger partial charge in [0.1, 0.15) is 5.38 Å². The molecule has 1 aromatic carbocycles. The van der Waals surface area contributed by atoms with Crippen LogP contribution in [0.4, 0.5) is 5.69 Å². The van der Waals surface area contributed by atoms with Gasteiger partial charge in [-0.25, -0.2) is 4.79 Å². The van der Waals surface area contributed by atoms with Gasteiger partial charge < -0.3 is 10.2 Å². The smallest absolute Gasteiger partial charge is 0.337 e. The van der Waals surface area contributed by atoms with Gasteiger partial charge in [0.05, 0.1) is 10.5 Å². The minimum absolute atomic E-state index is 0.190. The van der Waals surface area contributed by atoms with Crippen LogP contribution in [0.2, 0.25) is 0 Å². The topological polar surface area (TPSA) is 118 Å². The van der Waals surface area contributed by atoms with Crippen molar-refractivity contribution in [3.8, 4) is 0 Å². The first kappa shape index (κ1) is 15.1. The third-order valence-electron chi connectivity index (χ3n) is 2.43. The van der Waals surface area contributed by atoms with Crippen molar-refractivity contribution in [3.05, 3.63) is 39.4 Å². The summed E-state index contributed by atoms with van der Waals surface area (Å²) in [5, 5.41) is 27.9. The van der Waals surface area contributed by atoms with Gasteiger partial charge in [0, 0.05) is 6.07 Å². The molecule has 0 amide bonds. The van der Waals surface area contributed by atoms with E-state index < -0.39 is 39.4 Å². The van der Waals surface area contributed by atoms with Gasteiger partial charge in [-0.2, -0.15) is 0 Å².